The van der Waals surface area contributed by atoms with Crippen molar-refractivity contribution in [1.82, 2.24) is 0 Å². The van der Waals surface area contributed by atoms with Gasteiger partial charge >= 0.3 is 0 Å². The SMILES string of the molecule is C=CCSc1ccc(/C=C/C(N)=S)cc1. The molecule has 0 spiro atoms. The first-order chi connectivity index (χ1) is 7.22. The third-order valence-electron chi connectivity index (χ3n) is 1.69. The number of rotatable bonds is 5. The number of hydrogen-bond acceptors (Lipinski definition) is 2. The smallest absolute Gasteiger partial charge is 0.0962 e. The minimum absolute atomic E-state index is 0.403. The number of thiocarbonyl (C=S) groups is 1. The lowest BCUT2D eigenvalue weighted by Gasteiger charge is -1.98. The molecule has 1 nitrogen and oxygen atoms in total. The molecule has 0 aliphatic heterocycles. The highest BCUT2D eigenvalue weighted by Gasteiger charge is 1.91. The molecule has 2 N–H and O–H groups in total. The molecule has 1 aromatic rings. The molecule has 0 amide bonds. The molecule has 0 aromatic heterocycles. The highest BCUT2D eigenvalue weighted by atomic mass is 32.2. The van der Waals surface area contributed by atoms with Crippen LogP contribution in [0.2, 0.25) is 0 Å². The van der Waals surface area contributed by atoms with E-state index < -0.39 is 0 Å². The molecule has 0 aliphatic carbocycles. The summed E-state index contributed by atoms with van der Waals surface area (Å²) in [7, 11) is 0. The van der Waals surface area contributed by atoms with Gasteiger partial charge in [0, 0.05) is 10.6 Å². The second kappa shape index (κ2) is 6.43. The molecule has 0 saturated carbocycles. The van der Waals surface area contributed by atoms with Crippen LogP contribution in [0.15, 0.2) is 47.9 Å². The fourth-order valence-corrected chi connectivity index (χ4v) is 1.72. The van der Waals surface area contributed by atoms with Crippen LogP contribution in [-0.2, 0) is 0 Å². The van der Waals surface area contributed by atoms with Gasteiger partial charge in [-0.2, -0.15) is 0 Å². The first-order valence-corrected chi connectivity index (χ1v) is 5.93. The highest BCUT2D eigenvalue weighted by Crippen LogP contribution is 2.18. The summed E-state index contributed by atoms with van der Waals surface area (Å²) in [5.74, 6) is 0.933. The molecular weight excluding hydrogens is 222 g/mol. The average Bonchev–Trinajstić information content (AvgIpc) is 2.25. The molecule has 1 rings (SSSR count). The van der Waals surface area contributed by atoms with Crippen LogP contribution in [0.4, 0.5) is 0 Å². The minimum atomic E-state index is 0.403. The van der Waals surface area contributed by atoms with E-state index in [2.05, 4.69) is 18.7 Å². The summed E-state index contributed by atoms with van der Waals surface area (Å²) in [4.78, 5) is 1.64. The van der Waals surface area contributed by atoms with Crippen LogP contribution in [0.25, 0.3) is 6.08 Å². The Bertz CT molecular complexity index is 366. The van der Waals surface area contributed by atoms with E-state index in [1.54, 1.807) is 17.8 Å². The maximum absolute atomic E-state index is 5.37. The second-order valence-electron chi connectivity index (χ2n) is 2.90. The summed E-state index contributed by atoms with van der Waals surface area (Å²) < 4.78 is 0. The number of benzene rings is 1. The molecule has 78 valence electrons. The van der Waals surface area contributed by atoms with Crippen molar-refractivity contribution in [2.45, 2.75) is 4.90 Å². The molecule has 0 fully saturated rings. The van der Waals surface area contributed by atoms with E-state index in [1.807, 2.05) is 24.3 Å². The number of thioether (sulfide) groups is 1. The van der Waals surface area contributed by atoms with E-state index in [9.17, 15) is 0 Å². The van der Waals surface area contributed by atoms with Gasteiger partial charge in [0.25, 0.3) is 0 Å². The maximum Gasteiger partial charge on any atom is 0.0962 e. The van der Waals surface area contributed by atoms with E-state index in [-0.39, 0.29) is 0 Å². The van der Waals surface area contributed by atoms with Gasteiger partial charge in [-0.05, 0) is 23.8 Å². The Morgan fingerprint density at radius 2 is 2.07 bits per heavy atom. The van der Waals surface area contributed by atoms with Gasteiger partial charge in [-0.15, -0.1) is 18.3 Å². The normalized spacial score (nSPS) is 10.4. The molecule has 0 unspecified atom stereocenters. The lowest BCUT2D eigenvalue weighted by molar-refractivity contribution is 1.45. The molecule has 3 heteroatoms. The van der Waals surface area contributed by atoms with Gasteiger partial charge in [0.15, 0.2) is 0 Å². The predicted molar refractivity (Wildman–Crippen MR) is 73.2 cm³/mol. The van der Waals surface area contributed by atoms with Crippen LogP contribution < -0.4 is 5.73 Å². The van der Waals surface area contributed by atoms with Crippen LogP contribution in [0.5, 0.6) is 0 Å². The van der Waals surface area contributed by atoms with Crippen LogP contribution in [-0.4, -0.2) is 10.7 Å². The van der Waals surface area contributed by atoms with Crippen molar-refractivity contribution < 1.29 is 0 Å². The lowest BCUT2D eigenvalue weighted by atomic mass is 10.2. The highest BCUT2D eigenvalue weighted by molar-refractivity contribution is 7.99. The van der Waals surface area contributed by atoms with Gasteiger partial charge in [0.1, 0.15) is 0 Å². The Labute approximate surface area is 100 Å². The first-order valence-electron chi connectivity index (χ1n) is 4.53. The topological polar surface area (TPSA) is 26.0 Å². The van der Waals surface area contributed by atoms with Gasteiger partial charge in [-0.25, -0.2) is 0 Å². The standard InChI is InChI=1S/C12H13NS2/c1-2-9-15-11-6-3-10(4-7-11)5-8-12(13)14/h2-8H,1,9H2,(H2,13,14)/b8-5+. The van der Waals surface area contributed by atoms with Gasteiger partial charge in [0.2, 0.25) is 0 Å². The van der Waals surface area contributed by atoms with Crippen LogP contribution in [0.1, 0.15) is 5.56 Å². The van der Waals surface area contributed by atoms with Gasteiger partial charge in [-0.3, -0.25) is 0 Å². The van der Waals surface area contributed by atoms with E-state index in [4.69, 9.17) is 18.0 Å². The van der Waals surface area contributed by atoms with Gasteiger partial charge in [0.05, 0.1) is 4.99 Å². The zero-order valence-electron chi connectivity index (χ0n) is 8.35. The molecule has 0 saturated heterocycles. The van der Waals surface area contributed by atoms with Crippen LogP contribution in [0.3, 0.4) is 0 Å². The molecule has 0 aliphatic rings. The summed E-state index contributed by atoms with van der Waals surface area (Å²) in [5, 5.41) is 0. The molecule has 0 bridgehead atoms. The molecule has 15 heavy (non-hydrogen) atoms. The Balaban J connectivity index is 2.63. The Hall–Kier alpha value is -1.06. The van der Waals surface area contributed by atoms with E-state index in [1.165, 1.54) is 4.90 Å². The molecule has 0 radical (unpaired) electrons. The molecule has 0 heterocycles. The zero-order valence-corrected chi connectivity index (χ0v) is 9.98. The van der Waals surface area contributed by atoms with Crippen molar-refractivity contribution in [2.75, 3.05) is 5.75 Å². The monoisotopic (exact) mass is 235 g/mol. The fraction of sp³-hybridized carbons (Fsp3) is 0.0833. The number of hydrogen-bond donors (Lipinski definition) is 1. The van der Waals surface area contributed by atoms with E-state index in [0.29, 0.717) is 4.99 Å². The van der Waals surface area contributed by atoms with Crippen molar-refractivity contribution in [3.63, 3.8) is 0 Å². The summed E-state index contributed by atoms with van der Waals surface area (Å²) in [5.41, 5.74) is 6.47. The zero-order chi connectivity index (χ0) is 11.1. The minimum Gasteiger partial charge on any atom is -0.390 e. The molecule has 0 atom stereocenters. The third-order valence-corrected chi connectivity index (χ3v) is 2.83. The maximum atomic E-state index is 5.37. The van der Waals surface area contributed by atoms with E-state index in [0.717, 1.165) is 11.3 Å². The van der Waals surface area contributed by atoms with Crippen LogP contribution >= 0.6 is 24.0 Å². The Morgan fingerprint density at radius 1 is 1.40 bits per heavy atom. The van der Waals surface area contributed by atoms with Crippen molar-refractivity contribution >= 4 is 35.0 Å². The fourth-order valence-electron chi connectivity index (χ4n) is 1.01. The number of nitrogens with two attached hydrogens (primary N) is 1. The quantitative estimate of drug-likeness (QED) is 0.367. The third kappa shape index (κ3) is 4.81. The Kier molecular flexibility index (Phi) is 5.15. The molecule has 1 aromatic carbocycles. The summed E-state index contributed by atoms with van der Waals surface area (Å²) in [6, 6.07) is 8.24. The van der Waals surface area contributed by atoms with E-state index >= 15 is 0 Å². The summed E-state index contributed by atoms with van der Waals surface area (Å²) in [6.45, 7) is 3.68. The van der Waals surface area contributed by atoms with Crippen molar-refractivity contribution in [3.05, 3.63) is 48.6 Å². The predicted octanol–water partition coefficient (Wildman–Crippen LogP) is 3.26. The lowest BCUT2D eigenvalue weighted by Crippen LogP contribution is -2.01. The summed E-state index contributed by atoms with van der Waals surface area (Å²) >= 11 is 6.51. The van der Waals surface area contributed by atoms with Gasteiger partial charge < -0.3 is 5.73 Å². The largest absolute Gasteiger partial charge is 0.390 e. The van der Waals surface area contributed by atoms with Crippen LogP contribution in [0, 0.1) is 0 Å². The second-order valence-corrected chi connectivity index (χ2v) is 4.47. The van der Waals surface area contributed by atoms with Crippen molar-refractivity contribution in [1.29, 1.82) is 0 Å². The Morgan fingerprint density at radius 3 is 2.60 bits per heavy atom. The van der Waals surface area contributed by atoms with Crippen molar-refractivity contribution in [3.8, 4) is 0 Å². The van der Waals surface area contributed by atoms with Crippen molar-refractivity contribution in [2.24, 2.45) is 5.73 Å². The summed E-state index contributed by atoms with van der Waals surface area (Å²) in [6.07, 6.45) is 5.52. The molecular formula is C12H13NS2. The first kappa shape index (κ1) is 12.0. The van der Waals surface area contributed by atoms with Gasteiger partial charge in [-0.1, -0.05) is 36.5 Å². The average molecular weight is 235 g/mol.